The van der Waals surface area contributed by atoms with Crippen LogP contribution in [-0.4, -0.2) is 54.9 Å². The number of rotatable bonds is 3. The Morgan fingerprint density at radius 2 is 2.22 bits per heavy atom. The number of nitrogens with zero attached hydrogens (tertiary/aromatic N) is 5. The average molecular weight is 309 g/mol. The molecular weight excluding hydrogens is 294 g/mol. The number of fused-ring (bicyclic) bond motifs is 1. The van der Waals surface area contributed by atoms with Crippen molar-refractivity contribution in [3.63, 3.8) is 0 Å². The molecular formula is C15H15N7O. The zero-order valence-electron chi connectivity index (χ0n) is 12.3. The van der Waals surface area contributed by atoms with Crippen molar-refractivity contribution in [1.29, 1.82) is 0 Å². The molecule has 0 radical (unpaired) electrons. The Bertz CT molecular complexity index is 832. The molecule has 23 heavy (non-hydrogen) atoms. The summed E-state index contributed by atoms with van der Waals surface area (Å²) in [7, 11) is 0. The SMILES string of the molecule is O=C(c1ccccn1)N1CCC(Nc2ncnc3nc[nH]c23)C1. The van der Waals surface area contributed by atoms with Crippen molar-refractivity contribution in [2.45, 2.75) is 12.5 Å². The second kappa shape index (κ2) is 5.64. The summed E-state index contributed by atoms with van der Waals surface area (Å²) in [6.45, 7) is 1.32. The van der Waals surface area contributed by atoms with E-state index < -0.39 is 0 Å². The fraction of sp³-hybridized carbons (Fsp3) is 0.267. The maximum atomic E-state index is 12.4. The molecule has 1 amide bonds. The Morgan fingerprint density at radius 3 is 3.09 bits per heavy atom. The lowest BCUT2D eigenvalue weighted by atomic mass is 10.2. The van der Waals surface area contributed by atoms with Crippen molar-refractivity contribution in [3.05, 3.63) is 42.7 Å². The van der Waals surface area contributed by atoms with Gasteiger partial charge in [-0.25, -0.2) is 15.0 Å². The van der Waals surface area contributed by atoms with E-state index in [-0.39, 0.29) is 11.9 Å². The summed E-state index contributed by atoms with van der Waals surface area (Å²) < 4.78 is 0. The van der Waals surface area contributed by atoms with Gasteiger partial charge in [0.05, 0.1) is 6.33 Å². The Morgan fingerprint density at radius 1 is 1.26 bits per heavy atom. The standard InChI is InChI=1S/C15H15N7O/c23-15(11-3-1-2-5-16-11)22-6-4-10(7-22)21-14-12-13(18-8-17-12)19-9-20-14/h1-3,5,8-10H,4,6-7H2,(H2,17,18,19,20,21). The molecule has 8 nitrogen and oxygen atoms in total. The van der Waals surface area contributed by atoms with Gasteiger partial charge in [-0.2, -0.15) is 0 Å². The molecule has 4 heterocycles. The van der Waals surface area contributed by atoms with E-state index >= 15 is 0 Å². The number of hydrogen-bond donors (Lipinski definition) is 2. The van der Waals surface area contributed by atoms with Crippen LogP contribution in [0.4, 0.5) is 5.82 Å². The van der Waals surface area contributed by atoms with E-state index in [1.54, 1.807) is 24.7 Å². The summed E-state index contributed by atoms with van der Waals surface area (Å²) in [5, 5.41) is 3.37. The molecule has 1 atom stereocenters. The van der Waals surface area contributed by atoms with Crippen molar-refractivity contribution in [2.75, 3.05) is 18.4 Å². The lowest BCUT2D eigenvalue weighted by Gasteiger charge is -2.17. The van der Waals surface area contributed by atoms with Crippen LogP contribution in [-0.2, 0) is 0 Å². The second-order valence-electron chi connectivity index (χ2n) is 5.42. The third-order valence-corrected chi connectivity index (χ3v) is 3.92. The quantitative estimate of drug-likeness (QED) is 0.751. The number of H-pyrrole nitrogens is 1. The first-order chi connectivity index (χ1) is 11.3. The molecule has 1 aliphatic heterocycles. The zero-order chi connectivity index (χ0) is 15.6. The fourth-order valence-electron chi connectivity index (χ4n) is 2.78. The lowest BCUT2D eigenvalue weighted by molar-refractivity contribution is 0.0786. The molecule has 2 N–H and O–H groups in total. The van der Waals surface area contributed by atoms with Gasteiger partial charge in [-0.1, -0.05) is 6.07 Å². The van der Waals surface area contributed by atoms with Gasteiger partial charge in [-0.3, -0.25) is 9.78 Å². The maximum absolute atomic E-state index is 12.4. The number of carbonyl (C=O) groups is 1. The summed E-state index contributed by atoms with van der Waals surface area (Å²) in [6.07, 6.45) is 5.57. The summed E-state index contributed by atoms with van der Waals surface area (Å²) in [6, 6.07) is 5.50. The highest BCUT2D eigenvalue weighted by Crippen LogP contribution is 2.20. The van der Waals surface area contributed by atoms with E-state index in [4.69, 9.17) is 0 Å². The number of carbonyl (C=O) groups excluding carboxylic acids is 1. The molecule has 1 saturated heterocycles. The number of hydrogen-bond acceptors (Lipinski definition) is 6. The third kappa shape index (κ3) is 2.59. The van der Waals surface area contributed by atoms with Crippen LogP contribution in [0, 0.1) is 0 Å². The average Bonchev–Trinajstić information content (AvgIpc) is 3.25. The van der Waals surface area contributed by atoms with Gasteiger partial charge in [0.25, 0.3) is 5.91 Å². The van der Waals surface area contributed by atoms with E-state index in [0.717, 1.165) is 11.9 Å². The van der Waals surface area contributed by atoms with E-state index in [1.807, 2.05) is 11.0 Å². The van der Waals surface area contributed by atoms with Crippen molar-refractivity contribution < 1.29 is 4.79 Å². The Kier molecular flexibility index (Phi) is 3.34. The predicted molar refractivity (Wildman–Crippen MR) is 83.9 cm³/mol. The highest BCUT2D eigenvalue weighted by molar-refractivity contribution is 5.92. The smallest absolute Gasteiger partial charge is 0.272 e. The Balaban J connectivity index is 1.47. The highest BCUT2D eigenvalue weighted by atomic mass is 16.2. The Labute approximate surface area is 132 Å². The molecule has 1 fully saturated rings. The summed E-state index contributed by atoms with van der Waals surface area (Å²) in [5.74, 6) is 0.675. The van der Waals surface area contributed by atoms with Gasteiger partial charge in [0.15, 0.2) is 11.5 Å². The molecule has 4 rings (SSSR count). The van der Waals surface area contributed by atoms with Crippen molar-refractivity contribution >= 4 is 22.9 Å². The van der Waals surface area contributed by atoms with Crippen molar-refractivity contribution in [3.8, 4) is 0 Å². The van der Waals surface area contributed by atoms with Gasteiger partial charge in [-0.15, -0.1) is 0 Å². The number of imidazole rings is 1. The minimum Gasteiger partial charge on any atom is -0.364 e. The Hall–Kier alpha value is -3.03. The van der Waals surface area contributed by atoms with Gasteiger partial charge in [0, 0.05) is 25.3 Å². The molecule has 0 aliphatic carbocycles. The topological polar surface area (TPSA) is 99.7 Å². The second-order valence-corrected chi connectivity index (χ2v) is 5.42. The number of amides is 1. The van der Waals surface area contributed by atoms with Crippen LogP contribution in [0.2, 0.25) is 0 Å². The summed E-state index contributed by atoms with van der Waals surface area (Å²) >= 11 is 0. The number of likely N-dealkylation sites (tertiary alicyclic amines) is 1. The summed E-state index contributed by atoms with van der Waals surface area (Å²) in [4.78, 5) is 33.8. The number of nitrogens with one attached hydrogen (secondary N) is 2. The molecule has 1 unspecified atom stereocenters. The van der Waals surface area contributed by atoms with E-state index in [9.17, 15) is 4.79 Å². The number of pyridine rings is 1. The van der Waals surface area contributed by atoms with Crippen LogP contribution in [0.5, 0.6) is 0 Å². The van der Waals surface area contributed by atoms with Crippen LogP contribution >= 0.6 is 0 Å². The van der Waals surface area contributed by atoms with Crippen LogP contribution in [0.25, 0.3) is 11.2 Å². The van der Waals surface area contributed by atoms with E-state index in [1.165, 1.54) is 6.33 Å². The first-order valence-electron chi connectivity index (χ1n) is 7.42. The fourth-order valence-corrected chi connectivity index (χ4v) is 2.78. The molecule has 116 valence electrons. The maximum Gasteiger partial charge on any atom is 0.272 e. The van der Waals surface area contributed by atoms with Gasteiger partial charge in [-0.05, 0) is 18.6 Å². The van der Waals surface area contributed by atoms with Crippen molar-refractivity contribution in [1.82, 2.24) is 29.8 Å². The molecule has 0 spiro atoms. The largest absolute Gasteiger partial charge is 0.364 e. The van der Waals surface area contributed by atoms with Crippen LogP contribution in [0.15, 0.2) is 37.1 Å². The van der Waals surface area contributed by atoms with Crippen LogP contribution < -0.4 is 5.32 Å². The zero-order valence-corrected chi connectivity index (χ0v) is 12.3. The van der Waals surface area contributed by atoms with Gasteiger partial charge in [0.1, 0.15) is 17.5 Å². The molecule has 0 bridgehead atoms. The predicted octanol–water partition coefficient (Wildman–Crippen LogP) is 1.07. The minimum atomic E-state index is -0.0377. The monoisotopic (exact) mass is 309 g/mol. The van der Waals surface area contributed by atoms with Crippen molar-refractivity contribution in [2.24, 2.45) is 0 Å². The summed E-state index contributed by atoms with van der Waals surface area (Å²) in [5.41, 5.74) is 1.88. The molecule has 0 saturated carbocycles. The molecule has 3 aromatic heterocycles. The van der Waals surface area contributed by atoms with E-state index in [2.05, 4.69) is 30.2 Å². The number of anilines is 1. The number of aromatic amines is 1. The number of aromatic nitrogens is 5. The first kappa shape index (κ1) is 13.6. The lowest BCUT2D eigenvalue weighted by Crippen LogP contribution is -2.32. The van der Waals surface area contributed by atoms with Gasteiger partial charge < -0.3 is 15.2 Å². The molecule has 0 aromatic carbocycles. The van der Waals surface area contributed by atoms with Crippen LogP contribution in [0.3, 0.4) is 0 Å². The molecule has 1 aliphatic rings. The third-order valence-electron chi connectivity index (χ3n) is 3.92. The molecule has 8 heteroatoms. The first-order valence-corrected chi connectivity index (χ1v) is 7.42. The van der Waals surface area contributed by atoms with E-state index in [0.29, 0.717) is 30.2 Å². The van der Waals surface area contributed by atoms with Gasteiger partial charge in [0.2, 0.25) is 0 Å². The normalized spacial score (nSPS) is 17.6. The van der Waals surface area contributed by atoms with Gasteiger partial charge >= 0.3 is 0 Å². The molecule has 3 aromatic rings. The minimum absolute atomic E-state index is 0.0377. The highest BCUT2D eigenvalue weighted by Gasteiger charge is 2.28. The van der Waals surface area contributed by atoms with Crippen LogP contribution in [0.1, 0.15) is 16.9 Å².